The number of amides is 2. The van der Waals surface area contributed by atoms with E-state index in [2.05, 4.69) is 17.6 Å². The van der Waals surface area contributed by atoms with Gasteiger partial charge in [-0.25, -0.2) is 9.59 Å². The molecular formula is C15H22N2O3. The van der Waals surface area contributed by atoms with E-state index in [-0.39, 0.29) is 0 Å². The smallest absolute Gasteiger partial charge is 0.330 e. The fraction of sp³-hybridized carbons (Fsp3) is 0.467. The number of benzene rings is 1. The van der Waals surface area contributed by atoms with Crippen LogP contribution in [0.5, 0.6) is 0 Å². The van der Waals surface area contributed by atoms with Gasteiger partial charge in [0.15, 0.2) is 6.04 Å². The molecule has 0 radical (unpaired) electrons. The van der Waals surface area contributed by atoms with Gasteiger partial charge in [0.1, 0.15) is 0 Å². The highest BCUT2D eigenvalue weighted by Gasteiger charge is 2.21. The molecule has 1 atom stereocenters. The van der Waals surface area contributed by atoms with Gasteiger partial charge in [-0.3, -0.25) is 0 Å². The molecule has 20 heavy (non-hydrogen) atoms. The number of nitrogens with one attached hydrogen (secondary N) is 2. The van der Waals surface area contributed by atoms with Gasteiger partial charge in [-0.05, 0) is 12.0 Å². The van der Waals surface area contributed by atoms with E-state index < -0.39 is 18.0 Å². The third kappa shape index (κ3) is 5.73. The number of carboxylic acid groups (broad SMARTS) is 1. The quantitative estimate of drug-likeness (QED) is 0.640. The van der Waals surface area contributed by atoms with E-state index in [0.29, 0.717) is 12.1 Å². The molecule has 110 valence electrons. The van der Waals surface area contributed by atoms with Gasteiger partial charge in [-0.1, -0.05) is 56.5 Å². The summed E-state index contributed by atoms with van der Waals surface area (Å²) >= 11 is 0. The van der Waals surface area contributed by atoms with Crippen LogP contribution < -0.4 is 10.6 Å². The fourth-order valence-electron chi connectivity index (χ4n) is 1.87. The molecule has 2 amide bonds. The molecule has 0 saturated heterocycles. The van der Waals surface area contributed by atoms with Crippen molar-refractivity contribution in [2.45, 2.75) is 38.6 Å². The maximum atomic E-state index is 11.7. The van der Waals surface area contributed by atoms with Crippen LogP contribution in [0, 0.1) is 0 Å². The van der Waals surface area contributed by atoms with E-state index in [9.17, 15) is 14.7 Å². The monoisotopic (exact) mass is 278 g/mol. The van der Waals surface area contributed by atoms with E-state index in [1.807, 2.05) is 0 Å². The zero-order chi connectivity index (χ0) is 14.8. The lowest BCUT2D eigenvalue weighted by molar-refractivity contribution is -0.139. The second-order valence-electron chi connectivity index (χ2n) is 4.64. The molecule has 0 saturated carbocycles. The molecule has 0 aromatic heterocycles. The van der Waals surface area contributed by atoms with Crippen molar-refractivity contribution in [3.63, 3.8) is 0 Å². The van der Waals surface area contributed by atoms with Crippen LogP contribution in [-0.4, -0.2) is 23.7 Å². The summed E-state index contributed by atoms with van der Waals surface area (Å²) < 4.78 is 0. The number of carbonyl (C=O) groups is 2. The molecule has 3 N–H and O–H groups in total. The van der Waals surface area contributed by atoms with E-state index in [4.69, 9.17) is 0 Å². The van der Waals surface area contributed by atoms with Crippen LogP contribution in [0.4, 0.5) is 4.79 Å². The van der Waals surface area contributed by atoms with Crippen molar-refractivity contribution in [2.75, 3.05) is 6.54 Å². The van der Waals surface area contributed by atoms with E-state index in [0.717, 1.165) is 25.7 Å². The largest absolute Gasteiger partial charge is 0.479 e. The first-order valence-corrected chi connectivity index (χ1v) is 6.97. The highest BCUT2D eigenvalue weighted by Crippen LogP contribution is 2.12. The van der Waals surface area contributed by atoms with Gasteiger partial charge in [-0.2, -0.15) is 0 Å². The SMILES string of the molecule is CCCCCCNC(=O)N[C@@H](C(=O)O)c1ccccc1. The molecule has 0 aliphatic carbocycles. The van der Waals surface area contributed by atoms with Crippen molar-refractivity contribution in [1.82, 2.24) is 10.6 Å². The average molecular weight is 278 g/mol. The van der Waals surface area contributed by atoms with E-state index >= 15 is 0 Å². The molecule has 1 aromatic rings. The van der Waals surface area contributed by atoms with Gasteiger partial charge < -0.3 is 15.7 Å². The normalized spacial score (nSPS) is 11.7. The highest BCUT2D eigenvalue weighted by molar-refractivity contribution is 5.83. The summed E-state index contributed by atoms with van der Waals surface area (Å²) in [6.07, 6.45) is 4.26. The molecule has 1 rings (SSSR count). The van der Waals surface area contributed by atoms with E-state index in [1.165, 1.54) is 0 Å². The second-order valence-corrected chi connectivity index (χ2v) is 4.64. The Bertz CT molecular complexity index is 420. The van der Waals surface area contributed by atoms with Gasteiger partial charge >= 0.3 is 12.0 Å². The maximum Gasteiger partial charge on any atom is 0.330 e. The summed E-state index contributed by atoms with van der Waals surface area (Å²) in [5.41, 5.74) is 0.557. The number of hydrogen-bond donors (Lipinski definition) is 3. The predicted molar refractivity (Wildman–Crippen MR) is 77.5 cm³/mol. The van der Waals surface area contributed by atoms with Crippen molar-refractivity contribution >= 4 is 12.0 Å². The molecule has 1 aromatic carbocycles. The molecule has 0 aliphatic rings. The van der Waals surface area contributed by atoms with Crippen LogP contribution in [0.3, 0.4) is 0 Å². The van der Waals surface area contributed by atoms with E-state index in [1.54, 1.807) is 30.3 Å². The number of urea groups is 1. The molecule has 0 aliphatic heterocycles. The first-order valence-electron chi connectivity index (χ1n) is 6.97. The van der Waals surface area contributed by atoms with Crippen LogP contribution in [0.2, 0.25) is 0 Å². The minimum atomic E-state index is -1.07. The van der Waals surface area contributed by atoms with Gasteiger partial charge in [0, 0.05) is 6.54 Å². The van der Waals surface area contributed by atoms with Crippen LogP contribution in [0.25, 0.3) is 0 Å². The Labute approximate surface area is 119 Å². The first-order chi connectivity index (χ1) is 9.65. The fourth-order valence-corrected chi connectivity index (χ4v) is 1.87. The minimum Gasteiger partial charge on any atom is -0.479 e. The predicted octanol–water partition coefficient (Wildman–Crippen LogP) is 2.69. The van der Waals surface area contributed by atoms with Crippen molar-refractivity contribution in [2.24, 2.45) is 0 Å². The van der Waals surface area contributed by atoms with Crippen LogP contribution in [-0.2, 0) is 4.79 Å². The summed E-state index contributed by atoms with van der Waals surface area (Å²) in [5.74, 6) is -1.07. The van der Waals surface area contributed by atoms with Gasteiger partial charge in [0.2, 0.25) is 0 Å². The number of carboxylic acids is 1. The Kier molecular flexibility index (Phi) is 7.17. The topological polar surface area (TPSA) is 78.4 Å². The van der Waals surface area contributed by atoms with Crippen molar-refractivity contribution < 1.29 is 14.7 Å². The lowest BCUT2D eigenvalue weighted by Crippen LogP contribution is -2.41. The van der Waals surface area contributed by atoms with Crippen LogP contribution in [0.15, 0.2) is 30.3 Å². The summed E-state index contributed by atoms with van der Waals surface area (Å²) in [7, 11) is 0. The Balaban J connectivity index is 2.43. The van der Waals surface area contributed by atoms with Crippen molar-refractivity contribution in [1.29, 1.82) is 0 Å². The molecular weight excluding hydrogens is 256 g/mol. The Morgan fingerprint density at radius 1 is 1.15 bits per heavy atom. The van der Waals surface area contributed by atoms with Crippen molar-refractivity contribution in [3.05, 3.63) is 35.9 Å². The zero-order valence-electron chi connectivity index (χ0n) is 11.8. The second kappa shape index (κ2) is 8.96. The average Bonchev–Trinajstić information content (AvgIpc) is 2.45. The van der Waals surface area contributed by atoms with Crippen LogP contribution in [0.1, 0.15) is 44.2 Å². The maximum absolute atomic E-state index is 11.7. The Hall–Kier alpha value is -2.04. The number of rotatable bonds is 8. The Morgan fingerprint density at radius 3 is 2.45 bits per heavy atom. The number of unbranched alkanes of at least 4 members (excludes halogenated alkanes) is 3. The van der Waals surface area contributed by atoms with Gasteiger partial charge in [0.05, 0.1) is 0 Å². The third-order valence-electron chi connectivity index (χ3n) is 2.97. The molecule has 5 heteroatoms. The third-order valence-corrected chi connectivity index (χ3v) is 2.97. The summed E-state index contributed by atoms with van der Waals surface area (Å²) in [6, 6.07) is 7.19. The summed E-state index contributed by atoms with van der Waals surface area (Å²) in [4.78, 5) is 22.9. The van der Waals surface area contributed by atoms with Gasteiger partial charge in [-0.15, -0.1) is 0 Å². The summed E-state index contributed by atoms with van der Waals surface area (Å²) in [5, 5.41) is 14.3. The Morgan fingerprint density at radius 2 is 1.85 bits per heavy atom. The molecule has 0 bridgehead atoms. The molecule has 5 nitrogen and oxygen atoms in total. The molecule has 0 spiro atoms. The number of aliphatic carboxylic acids is 1. The van der Waals surface area contributed by atoms with Crippen molar-refractivity contribution in [3.8, 4) is 0 Å². The number of hydrogen-bond acceptors (Lipinski definition) is 2. The highest BCUT2D eigenvalue weighted by atomic mass is 16.4. The lowest BCUT2D eigenvalue weighted by atomic mass is 10.1. The van der Waals surface area contributed by atoms with Gasteiger partial charge in [0.25, 0.3) is 0 Å². The minimum absolute atomic E-state index is 0.447. The first kappa shape index (κ1) is 16.0. The summed E-state index contributed by atoms with van der Waals surface area (Å²) in [6.45, 7) is 2.68. The molecule has 0 fully saturated rings. The standard InChI is InChI=1S/C15H22N2O3/c1-2-3-4-8-11-16-15(20)17-13(14(18)19)12-9-6-5-7-10-12/h5-7,9-10,13H,2-4,8,11H2,1H3,(H,18,19)(H2,16,17,20)/t13-/m1/s1. The van der Waals surface area contributed by atoms with Crippen LogP contribution >= 0.6 is 0 Å². The lowest BCUT2D eigenvalue weighted by Gasteiger charge is -2.15. The zero-order valence-corrected chi connectivity index (χ0v) is 11.8. The molecule has 0 unspecified atom stereocenters. The number of carbonyl (C=O) groups excluding carboxylic acids is 1. The molecule has 0 heterocycles.